The van der Waals surface area contributed by atoms with E-state index in [1.54, 1.807) is 7.11 Å². The zero-order chi connectivity index (χ0) is 9.80. The molecule has 1 aromatic carbocycles. The first-order chi connectivity index (χ1) is 6.90. The number of para-hydroxylation sites is 1. The molecule has 2 heteroatoms. The molecule has 0 spiro atoms. The summed E-state index contributed by atoms with van der Waals surface area (Å²) in [5.41, 5.74) is 2.04. The highest BCUT2D eigenvalue weighted by atomic mass is 16.5. The van der Waals surface area contributed by atoms with Crippen LogP contribution in [-0.4, -0.2) is 13.0 Å². The van der Waals surface area contributed by atoms with E-state index in [0.717, 1.165) is 11.3 Å². The van der Waals surface area contributed by atoms with Gasteiger partial charge in [-0.15, -0.1) is 0 Å². The fourth-order valence-electron chi connectivity index (χ4n) is 1.30. The number of methoxy groups -OCH3 is 1. The summed E-state index contributed by atoms with van der Waals surface area (Å²) in [5, 5.41) is 0. The predicted octanol–water partition coefficient (Wildman–Crippen LogP) is 2.95. The van der Waals surface area contributed by atoms with Gasteiger partial charge in [0.15, 0.2) is 0 Å². The van der Waals surface area contributed by atoms with Crippen molar-refractivity contribution in [3.63, 3.8) is 0 Å². The Balaban J connectivity index is 2.52. The molecule has 1 aromatic rings. The summed E-state index contributed by atoms with van der Waals surface area (Å²) in [6.07, 6.45) is 7.76. The third-order valence-corrected chi connectivity index (χ3v) is 2.00. The molecule has 0 aromatic heterocycles. The standard InChI is InChI=1S/C12H11NO/c1-14-12-9-5-3-7-10-6-2-4-8-11(10)13-12/h2-9H,1H3/b5-3?,7-3-,9-5-,10-7?,12-9?,13-11?,13-12?. The largest absolute Gasteiger partial charge is 0.481 e. The second-order valence-corrected chi connectivity index (χ2v) is 2.93. The Bertz CT molecular complexity index is 416. The zero-order valence-corrected chi connectivity index (χ0v) is 7.97. The van der Waals surface area contributed by atoms with Gasteiger partial charge in [0.05, 0.1) is 12.8 Å². The second-order valence-electron chi connectivity index (χ2n) is 2.93. The van der Waals surface area contributed by atoms with Crippen LogP contribution in [0.3, 0.4) is 0 Å². The smallest absolute Gasteiger partial charge is 0.213 e. The van der Waals surface area contributed by atoms with Crippen LogP contribution < -0.4 is 0 Å². The lowest BCUT2D eigenvalue weighted by molar-refractivity contribution is 0.407. The maximum absolute atomic E-state index is 5.11. The van der Waals surface area contributed by atoms with E-state index in [-0.39, 0.29) is 0 Å². The van der Waals surface area contributed by atoms with Gasteiger partial charge in [-0.3, -0.25) is 0 Å². The number of ether oxygens (including phenoxy) is 1. The van der Waals surface area contributed by atoms with Crippen LogP contribution in [0.15, 0.2) is 47.5 Å². The zero-order valence-electron chi connectivity index (χ0n) is 7.97. The number of fused-ring (bicyclic) bond motifs is 1. The SMILES string of the molecule is COC1=Nc2ccccc2/C=C\C=C/1. The van der Waals surface area contributed by atoms with Crippen LogP contribution in [-0.2, 0) is 4.74 Å². The topological polar surface area (TPSA) is 21.6 Å². The summed E-state index contributed by atoms with van der Waals surface area (Å²) >= 11 is 0. The van der Waals surface area contributed by atoms with E-state index in [4.69, 9.17) is 4.74 Å². The van der Waals surface area contributed by atoms with E-state index in [9.17, 15) is 0 Å². The lowest BCUT2D eigenvalue weighted by atomic mass is 10.1. The number of allylic oxidation sites excluding steroid dienone is 2. The number of nitrogens with zero attached hydrogens (tertiary/aromatic N) is 1. The molecule has 70 valence electrons. The Kier molecular flexibility index (Phi) is 2.45. The Labute approximate surface area is 83.2 Å². The van der Waals surface area contributed by atoms with Crippen LogP contribution in [0, 0.1) is 0 Å². The van der Waals surface area contributed by atoms with Gasteiger partial charge in [0.25, 0.3) is 0 Å². The fourth-order valence-corrected chi connectivity index (χ4v) is 1.30. The Morgan fingerprint density at radius 2 is 1.86 bits per heavy atom. The predicted molar refractivity (Wildman–Crippen MR) is 58.7 cm³/mol. The number of benzene rings is 1. The van der Waals surface area contributed by atoms with Crippen LogP contribution in [0.4, 0.5) is 5.69 Å². The van der Waals surface area contributed by atoms with Crippen LogP contribution >= 0.6 is 0 Å². The molecule has 0 atom stereocenters. The van der Waals surface area contributed by atoms with Crippen molar-refractivity contribution in [3.8, 4) is 0 Å². The molecule has 0 fully saturated rings. The van der Waals surface area contributed by atoms with Gasteiger partial charge in [-0.05, 0) is 6.07 Å². The van der Waals surface area contributed by atoms with Crippen LogP contribution in [0.25, 0.3) is 6.08 Å². The third kappa shape index (κ3) is 1.74. The highest BCUT2D eigenvalue weighted by molar-refractivity contribution is 5.91. The summed E-state index contributed by atoms with van der Waals surface area (Å²) < 4.78 is 5.11. The molecule has 0 N–H and O–H groups in total. The van der Waals surface area contributed by atoms with Crippen LogP contribution in [0.5, 0.6) is 0 Å². The van der Waals surface area contributed by atoms with Gasteiger partial charge in [0.2, 0.25) is 5.90 Å². The molecule has 14 heavy (non-hydrogen) atoms. The van der Waals surface area contributed by atoms with Crippen molar-refractivity contribution >= 4 is 17.7 Å². The first-order valence-electron chi connectivity index (χ1n) is 4.46. The molecule has 1 heterocycles. The number of hydrogen-bond acceptors (Lipinski definition) is 2. The van der Waals surface area contributed by atoms with Gasteiger partial charge < -0.3 is 4.74 Å². The molecule has 0 saturated carbocycles. The number of aliphatic imine (C=N–C) groups is 1. The van der Waals surface area contributed by atoms with E-state index in [1.807, 2.05) is 48.6 Å². The maximum Gasteiger partial charge on any atom is 0.213 e. The van der Waals surface area contributed by atoms with E-state index in [2.05, 4.69) is 4.99 Å². The molecular weight excluding hydrogens is 174 g/mol. The highest BCUT2D eigenvalue weighted by Crippen LogP contribution is 2.21. The van der Waals surface area contributed by atoms with Crippen molar-refractivity contribution in [3.05, 3.63) is 48.1 Å². The van der Waals surface area contributed by atoms with Crippen LogP contribution in [0.2, 0.25) is 0 Å². The lowest BCUT2D eigenvalue weighted by Crippen LogP contribution is -1.96. The lowest BCUT2D eigenvalue weighted by Gasteiger charge is -2.04. The molecular formula is C12H11NO. The Morgan fingerprint density at radius 1 is 1.07 bits per heavy atom. The van der Waals surface area contributed by atoms with Gasteiger partial charge in [0.1, 0.15) is 0 Å². The van der Waals surface area contributed by atoms with Gasteiger partial charge in [0, 0.05) is 11.6 Å². The first kappa shape index (κ1) is 8.75. The minimum absolute atomic E-state index is 0.627. The van der Waals surface area contributed by atoms with E-state index in [1.165, 1.54) is 0 Å². The van der Waals surface area contributed by atoms with E-state index in [0.29, 0.717) is 5.90 Å². The maximum atomic E-state index is 5.11. The highest BCUT2D eigenvalue weighted by Gasteiger charge is 2.00. The van der Waals surface area contributed by atoms with Crippen molar-refractivity contribution in [1.29, 1.82) is 0 Å². The Morgan fingerprint density at radius 3 is 2.71 bits per heavy atom. The monoisotopic (exact) mass is 185 g/mol. The van der Waals surface area contributed by atoms with Gasteiger partial charge in [-0.1, -0.05) is 36.4 Å². The summed E-state index contributed by atoms with van der Waals surface area (Å²) in [7, 11) is 1.62. The molecule has 0 amide bonds. The summed E-state index contributed by atoms with van der Waals surface area (Å²) in [5.74, 6) is 0.627. The normalized spacial score (nSPS) is 18.5. The molecule has 2 nitrogen and oxygen atoms in total. The van der Waals surface area contributed by atoms with Crippen LogP contribution in [0.1, 0.15) is 5.56 Å². The van der Waals surface area contributed by atoms with Gasteiger partial charge in [-0.25, -0.2) is 4.99 Å². The quantitative estimate of drug-likeness (QED) is 0.609. The molecule has 1 aliphatic heterocycles. The first-order valence-corrected chi connectivity index (χ1v) is 4.46. The summed E-state index contributed by atoms with van der Waals surface area (Å²) in [6.45, 7) is 0. The fraction of sp³-hybridized carbons (Fsp3) is 0.0833. The van der Waals surface area contributed by atoms with Crippen molar-refractivity contribution in [2.45, 2.75) is 0 Å². The molecule has 0 radical (unpaired) electrons. The second kappa shape index (κ2) is 3.92. The van der Waals surface area contributed by atoms with Crippen molar-refractivity contribution in [1.82, 2.24) is 0 Å². The average Bonchev–Trinajstić information content (AvgIpc) is 2.19. The molecule has 0 unspecified atom stereocenters. The van der Waals surface area contributed by atoms with Gasteiger partial charge >= 0.3 is 0 Å². The van der Waals surface area contributed by atoms with E-state index >= 15 is 0 Å². The summed E-state index contributed by atoms with van der Waals surface area (Å²) in [6, 6.07) is 7.96. The molecule has 1 aliphatic rings. The van der Waals surface area contributed by atoms with Crippen molar-refractivity contribution in [2.75, 3.05) is 7.11 Å². The minimum atomic E-state index is 0.627. The van der Waals surface area contributed by atoms with Crippen molar-refractivity contribution < 1.29 is 4.74 Å². The van der Waals surface area contributed by atoms with Gasteiger partial charge in [-0.2, -0.15) is 0 Å². The average molecular weight is 185 g/mol. The molecule has 2 rings (SSSR count). The van der Waals surface area contributed by atoms with E-state index < -0.39 is 0 Å². The molecule has 0 aliphatic carbocycles. The third-order valence-electron chi connectivity index (χ3n) is 2.00. The van der Waals surface area contributed by atoms with Crippen molar-refractivity contribution in [2.24, 2.45) is 4.99 Å². The summed E-state index contributed by atoms with van der Waals surface area (Å²) in [4.78, 5) is 4.37. The molecule has 0 saturated heterocycles. The minimum Gasteiger partial charge on any atom is -0.481 e. The number of rotatable bonds is 0. The molecule has 0 bridgehead atoms. The number of hydrogen-bond donors (Lipinski definition) is 0. The Hall–Kier alpha value is -1.83.